The molecule has 11 heteroatoms. The Morgan fingerprint density at radius 3 is 2.63 bits per heavy atom. The molecule has 2 fully saturated rings. The Balaban J connectivity index is 1.32. The summed E-state index contributed by atoms with van der Waals surface area (Å²) in [6.07, 6.45) is -4.21. The third-order valence-corrected chi connectivity index (χ3v) is 6.39. The number of benzene rings is 1. The Hall–Kier alpha value is -2.73. The Bertz CT molecular complexity index is 1090. The van der Waals surface area contributed by atoms with Gasteiger partial charge in [0.2, 0.25) is 0 Å². The summed E-state index contributed by atoms with van der Waals surface area (Å²) in [5.74, 6) is -0.504. The van der Waals surface area contributed by atoms with Crippen LogP contribution in [0.2, 0.25) is 0 Å². The number of hydrogen-bond donors (Lipinski definition) is 3. The van der Waals surface area contributed by atoms with Crippen molar-refractivity contribution in [3.63, 3.8) is 0 Å². The molecule has 0 saturated carbocycles. The number of aromatic nitrogens is 1. The van der Waals surface area contributed by atoms with Crippen molar-refractivity contribution in [3.05, 3.63) is 69.1 Å². The summed E-state index contributed by atoms with van der Waals surface area (Å²) in [6, 6.07) is 7.93. The molecule has 8 nitrogen and oxygen atoms in total. The summed E-state index contributed by atoms with van der Waals surface area (Å²) in [5, 5.41) is 13.7. The molecule has 1 amide bonds. The number of hydrogen-bond acceptors (Lipinski definition) is 6. The van der Waals surface area contributed by atoms with E-state index in [4.69, 9.17) is 9.47 Å². The van der Waals surface area contributed by atoms with E-state index < -0.39 is 28.8 Å². The fraction of sp³-hybridized carbons (Fsp3) is 0.500. The summed E-state index contributed by atoms with van der Waals surface area (Å²) in [4.78, 5) is 29.5. The van der Waals surface area contributed by atoms with Crippen LogP contribution in [0.5, 0.6) is 0 Å². The molecule has 1 atom stereocenters. The van der Waals surface area contributed by atoms with Gasteiger partial charge in [0.05, 0.1) is 37.1 Å². The number of H-pyrrole nitrogens is 1. The third-order valence-electron chi connectivity index (χ3n) is 6.39. The number of aromatic amines is 1. The number of likely N-dealkylation sites (tertiary alicyclic amines) is 1. The average Bonchev–Trinajstić information content (AvgIpc) is 2.84. The van der Waals surface area contributed by atoms with Gasteiger partial charge in [-0.3, -0.25) is 14.5 Å². The number of rotatable bonds is 6. The fourth-order valence-electron chi connectivity index (χ4n) is 4.34. The Kier molecular flexibility index (Phi) is 7.60. The summed E-state index contributed by atoms with van der Waals surface area (Å²) < 4.78 is 49.9. The molecular weight excluding hydrogens is 467 g/mol. The summed E-state index contributed by atoms with van der Waals surface area (Å²) >= 11 is 0. The van der Waals surface area contributed by atoms with Gasteiger partial charge in [0.1, 0.15) is 5.56 Å². The molecule has 3 N–H and O–H groups in total. The van der Waals surface area contributed by atoms with Crippen LogP contribution in [0.15, 0.2) is 41.2 Å². The number of carbonyl (C=O) groups is 1. The molecule has 0 unspecified atom stereocenters. The maximum atomic E-state index is 13.0. The Morgan fingerprint density at radius 1 is 1.20 bits per heavy atom. The van der Waals surface area contributed by atoms with Crippen LogP contribution in [-0.2, 0) is 27.8 Å². The highest BCUT2D eigenvalue weighted by Crippen LogP contribution is 2.36. The lowest BCUT2D eigenvalue weighted by atomic mass is 9.83. The lowest BCUT2D eigenvalue weighted by Gasteiger charge is -2.38. The van der Waals surface area contributed by atoms with E-state index in [9.17, 15) is 27.9 Å². The van der Waals surface area contributed by atoms with Gasteiger partial charge in [-0.2, -0.15) is 13.2 Å². The molecule has 2 aromatic rings. The maximum Gasteiger partial charge on any atom is 0.416 e. The van der Waals surface area contributed by atoms with E-state index in [2.05, 4.69) is 10.3 Å². The van der Waals surface area contributed by atoms with Crippen molar-refractivity contribution in [3.8, 4) is 0 Å². The van der Waals surface area contributed by atoms with Gasteiger partial charge in [0.25, 0.3) is 11.5 Å². The third kappa shape index (κ3) is 6.29. The number of pyridine rings is 1. The first-order valence-corrected chi connectivity index (χ1v) is 11.5. The number of nitrogens with zero attached hydrogens (tertiary/aromatic N) is 1. The van der Waals surface area contributed by atoms with Crippen LogP contribution in [0.1, 0.15) is 40.0 Å². The molecule has 0 radical (unpaired) electrons. The van der Waals surface area contributed by atoms with Gasteiger partial charge in [0.15, 0.2) is 0 Å². The van der Waals surface area contributed by atoms with E-state index >= 15 is 0 Å². The first kappa shape index (κ1) is 25.4. The zero-order chi connectivity index (χ0) is 25.1. The standard InChI is InChI=1S/C24H28F3N3O5/c25-24(26,27)17-3-1-2-16(12-17)23(33)6-8-30(9-7-23)14-18-4-5-20(22(32)29-18)21(31)28-13-19-15-34-10-11-35-19/h1-5,12,19,33H,6-11,13-15H2,(H,28,31)(H,29,32)/t19-/m1/s1. The molecule has 2 aliphatic rings. The Morgan fingerprint density at radius 2 is 1.97 bits per heavy atom. The largest absolute Gasteiger partial charge is 0.416 e. The summed E-state index contributed by atoms with van der Waals surface area (Å²) in [6.45, 7) is 2.84. The van der Waals surface area contributed by atoms with Crippen molar-refractivity contribution < 1.29 is 32.5 Å². The van der Waals surface area contributed by atoms with Gasteiger partial charge in [-0.15, -0.1) is 0 Å². The van der Waals surface area contributed by atoms with E-state index in [0.717, 1.165) is 12.1 Å². The van der Waals surface area contributed by atoms with Crippen LogP contribution >= 0.6 is 0 Å². The predicted octanol–water partition coefficient (Wildman–Crippen LogP) is 2.02. The molecule has 0 bridgehead atoms. The topological polar surface area (TPSA) is 104 Å². The molecule has 0 aliphatic carbocycles. The van der Waals surface area contributed by atoms with Crippen molar-refractivity contribution in [2.75, 3.05) is 39.5 Å². The molecule has 0 spiro atoms. The van der Waals surface area contributed by atoms with Crippen molar-refractivity contribution in [2.45, 2.75) is 37.3 Å². The zero-order valence-corrected chi connectivity index (χ0v) is 19.1. The number of amides is 1. The number of nitrogens with one attached hydrogen (secondary N) is 2. The molecule has 35 heavy (non-hydrogen) atoms. The molecule has 190 valence electrons. The minimum Gasteiger partial charge on any atom is -0.385 e. The fourth-order valence-corrected chi connectivity index (χ4v) is 4.34. The van der Waals surface area contributed by atoms with Gasteiger partial charge in [-0.05, 0) is 42.7 Å². The number of ether oxygens (including phenoxy) is 2. The molecule has 1 aromatic heterocycles. The highest BCUT2D eigenvalue weighted by atomic mass is 19.4. The second kappa shape index (κ2) is 10.5. The molecule has 1 aromatic carbocycles. The van der Waals surface area contributed by atoms with Crippen molar-refractivity contribution >= 4 is 5.91 Å². The van der Waals surface area contributed by atoms with Gasteiger partial charge in [-0.1, -0.05) is 12.1 Å². The van der Waals surface area contributed by atoms with E-state index in [1.54, 1.807) is 6.07 Å². The monoisotopic (exact) mass is 495 g/mol. The second-order valence-electron chi connectivity index (χ2n) is 8.89. The van der Waals surface area contributed by atoms with Crippen LogP contribution in [0.25, 0.3) is 0 Å². The Labute approximate surface area is 200 Å². The molecule has 4 rings (SSSR count). The first-order chi connectivity index (χ1) is 16.6. The normalized spacial score (nSPS) is 21.0. The van der Waals surface area contributed by atoms with E-state index in [-0.39, 0.29) is 36.6 Å². The highest BCUT2D eigenvalue weighted by Gasteiger charge is 2.37. The zero-order valence-electron chi connectivity index (χ0n) is 19.1. The lowest BCUT2D eigenvalue weighted by Crippen LogP contribution is -2.42. The summed E-state index contributed by atoms with van der Waals surface area (Å²) in [5.41, 5.74) is -1.81. The predicted molar refractivity (Wildman–Crippen MR) is 120 cm³/mol. The van der Waals surface area contributed by atoms with Crippen LogP contribution in [0.3, 0.4) is 0 Å². The number of carbonyl (C=O) groups excluding carboxylic acids is 1. The smallest absolute Gasteiger partial charge is 0.385 e. The molecule has 2 saturated heterocycles. The second-order valence-corrected chi connectivity index (χ2v) is 8.89. The lowest BCUT2D eigenvalue weighted by molar-refractivity contribution is -0.137. The maximum absolute atomic E-state index is 13.0. The highest BCUT2D eigenvalue weighted by molar-refractivity contribution is 5.93. The van der Waals surface area contributed by atoms with E-state index in [0.29, 0.717) is 45.1 Å². The van der Waals surface area contributed by atoms with Crippen LogP contribution in [-0.4, -0.2) is 66.5 Å². The van der Waals surface area contributed by atoms with E-state index in [1.165, 1.54) is 18.2 Å². The summed E-state index contributed by atoms with van der Waals surface area (Å²) in [7, 11) is 0. The average molecular weight is 495 g/mol. The number of halogens is 3. The van der Waals surface area contributed by atoms with Gasteiger partial charge >= 0.3 is 6.18 Å². The first-order valence-electron chi connectivity index (χ1n) is 11.5. The minimum absolute atomic E-state index is 0.0111. The van der Waals surface area contributed by atoms with Crippen LogP contribution in [0, 0.1) is 0 Å². The van der Waals surface area contributed by atoms with Gasteiger partial charge in [0, 0.05) is 31.9 Å². The van der Waals surface area contributed by atoms with Crippen molar-refractivity contribution in [1.82, 2.24) is 15.2 Å². The number of aliphatic hydroxyl groups is 1. The molecule has 2 aliphatic heterocycles. The van der Waals surface area contributed by atoms with Gasteiger partial charge in [-0.25, -0.2) is 0 Å². The number of alkyl halides is 3. The quantitative estimate of drug-likeness (QED) is 0.567. The number of piperidine rings is 1. The van der Waals surface area contributed by atoms with Gasteiger partial charge < -0.3 is 24.9 Å². The van der Waals surface area contributed by atoms with Crippen molar-refractivity contribution in [2.24, 2.45) is 0 Å². The minimum atomic E-state index is -4.47. The molecule has 3 heterocycles. The van der Waals surface area contributed by atoms with Crippen LogP contribution in [0.4, 0.5) is 13.2 Å². The van der Waals surface area contributed by atoms with Crippen LogP contribution < -0.4 is 10.9 Å². The van der Waals surface area contributed by atoms with Crippen molar-refractivity contribution in [1.29, 1.82) is 0 Å². The van der Waals surface area contributed by atoms with E-state index in [1.807, 2.05) is 4.90 Å². The molecular formula is C24H28F3N3O5. The SMILES string of the molecule is O=C(NC[C@@H]1COCCO1)c1ccc(CN2CCC(O)(c3cccc(C(F)(F)F)c3)CC2)[nH]c1=O.